The van der Waals surface area contributed by atoms with Crippen LogP contribution in [0.1, 0.15) is 40.0 Å². The second-order valence-electron chi connectivity index (χ2n) is 4.95. The van der Waals surface area contributed by atoms with Gasteiger partial charge in [0.2, 0.25) is 0 Å². The molecule has 1 rings (SSSR count). The lowest BCUT2D eigenvalue weighted by atomic mass is 9.92. The largest absolute Gasteiger partial charge is 0.480 e. The Bertz CT molecular complexity index is 254. The molecule has 0 heterocycles. The van der Waals surface area contributed by atoms with Crippen molar-refractivity contribution in [3.63, 3.8) is 0 Å². The summed E-state index contributed by atoms with van der Waals surface area (Å²) in [5.74, 6) is -0.373. The van der Waals surface area contributed by atoms with Crippen LogP contribution in [0.4, 0.5) is 0 Å². The van der Waals surface area contributed by atoms with E-state index in [2.05, 4.69) is 24.1 Å². The van der Waals surface area contributed by atoms with Gasteiger partial charge < -0.3 is 15.3 Å². The van der Waals surface area contributed by atoms with Crippen LogP contribution >= 0.6 is 0 Å². The summed E-state index contributed by atoms with van der Waals surface area (Å²) in [5.41, 5.74) is -0.722. The monoisotopic (exact) mass is 242 g/mol. The van der Waals surface area contributed by atoms with Crippen molar-refractivity contribution in [3.05, 3.63) is 0 Å². The van der Waals surface area contributed by atoms with E-state index < -0.39 is 11.5 Å². The van der Waals surface area contributed by atoms with E-state index in [0.29, 0.717) is 19.0 Å². The van der Waals surface area contributed by atoms with Crippen molar-refractivity contribution in [2.75, 3.05) is 26.2 Å². The van der Waals surface area contributed by atoms with Gasteiger partial charge in [0.15, 0.2) is 0 Å². The lowest BCUT2D eigenvalue weighted by Crippen LogP contribution is -2.60. The van der Waals surface area contributed by atoms with Crippen LogP contribution in [-0.2, 0) is 4.79 Å². The van der Waals surface area contributed by atoms with E-state index in [1.165, 1.54) is 0 Å². The van der Waals surface area contributed by atoms with Gasteiger partial charge in [0.25, 0.3) is 0 Å². The molecule has 0 radical (unpaired) electrons. The minimum Gasteiger partial charge on any atom is -0.480 e. The molecule has 100 valence electrons. The fraction of sp³-hybridized carbons (Fsp3) is 0.923. The van der Waals surface area contributed by atoms with Gasteiger partial charge in [0, 0.05) is 6.54 Å². The zero-order valence-corrected chi connectivity index (χ0v) is 11.3. The van der Waals surface area contributed by atoms with Crippen LogP contribution in [0.5, 0.6) is 0 Å². The molecule has 0 amide bonds. The number of hydrogen-bond acceptors (Lipinski definition) is 3. The van der Waals surface area contributed by atoms with E-state index in [4.69, 9.17) is 0 Å². The molecule has 1 fully saturated rings. The first-order valence-electron chi connectivity index (χ1n) is 6.81. The standard InChI is InChI=1S/C13H26N2O2/c1-4-9-15(6-3)10-13(12(16)17,14-5-2)11-7-8-11/h11,14H,4-10H2,1-3H3,(H,16,17). The first-order chi connectivity index (χ1) is 8.10. The fourth-order valence-corrected chi connectivity index (χ4v) is 2.56. The summed E-state index contributed by atoms with van der Waals surface area (Å²) < 4.78 is 0. The number of carboxylic acids is 1. The second-order valence-corrected chi connectivity index (χ2v) is 4.95. The maximum atomic E-state index is 11.7. The summed E-state index contributed by atoms with van der Waals surface area (Å²) in [6.07, 6.45) is 3.16. The molecule has 0 bridgehead atoms. The number of likely N-dealkylation sites (N-methyl/N-ethyl adjacent to an activating group) is 2. The molecule has 17 heavy (non-hydrogen) atoms. The molecule has 1 aliphatic carbocycles. The van der Waals surface area contributed by atoms with Crippen LogP contribution in [0.3, 0.4) is 0 Å². The number of carbonyl (C=O) groups is 1. The maximum Gasteiger partial charge on any atom is 0.325 e. The Balaban J connectivity index is 2.76. The van der Waals surface area contributed by atoms with Gasteiger partial charge in [0.1, 0.15) is 5.54 Å². The zero-order chi connectivity index (χ0) is 12.9. The van der Waals surface area contributed by atoms with Gasteiger partial charge in [-0.05, 0) is 44.8 Å². The van der Waals surface area contributed by atoms with E-state index >= 15 is 0 Å². The van der Waals surface area contributed by atoms with Crippen LogP contribution in [0.2, 0.25) is 0 Å². The molecule has 0 aromatic heterocycles. The number of aliphatic carboxylic acids is 1. The van der Waals surface area contributed by atoms with Crippen LogP contribution in [-0.4, -0.2) is 47.7 Å². The third-order valence-corrected chi connectivity index (χ3v) is 3.61. The Labute approximate surface area is 104 Å². The number of nitrogens with zero attached hydrogens (tertiary/aromatic N) is 1. The minimum atomic E-state index is -0.722. The third kappa shape index (κ3) is 3.42. The smallest absolute Gasteiger partial charge is 0.325 e. The molecule has 4 heteroatoms. The van der Waals surface area contributed by atoms with Gasteiger partial charge >= 0.3 is 5.97 Å². The molecule has 4 nitrogen and oxygen atoms in total. The average molecular weight is 242 g/mol. The molecule has 0 spiro atoms. The van der Waals surface area contributed by atoms with Crippen molar-refractivity contribution in [2.24, 2.45) is 5.92 Å². The van der Waals surface area contributed by atoms with Crippen molar-refractivity contribution in [3.8, 4) is 0 Å². The zero-order valence-electron chi connectivity index (χ0n) is 11.3. The molecule has 1 unspecified atom stereocenters. The molecule has 0 aromatic rings. The van der Waals surface area contributed by atoms with Gasteiger partial charge in [-0.1, -0.05) is 20.8 Å². The van der Waals surface area contributed by atoms with Gasteiger partial charge in [-0.15, -0.1) is 0 Å². The van der Waals surface area contributed by atoms with Crippen molar-refractivity contribution in [2.45, 2.75) is 45.6 Å². The highest BCUT2D eigenvalue weighted by Crippen LogP contribution is 2.40. The molecule has 0 saturated heterocycles. The topological polar surface area (TPSA) is 52.6 Å². The summed E-state index contributed by atoms with van der Waals surface area (Å²) in [7, 11) is 0. The Morgan fingerprint density at radius 2 is 2.06 bits per heavy atom. The Morgan fingerprint density at radius 3 is 2.41 bits per heavy atom. The van der Waals surface area contributed by atoms with Crippen molar-refractivity contribution >= 4 is 5.97 Å². The fourth-order valence-electron chi connectivity index (χ4n) is 2.56. The summed E-state index contributed by atoms with van der Waals surface area (Å²) >= 11 is 0. The van der Waals surface area contributed by atoms with Gasteiger partial charge in [-0.3, -0.25) is 4.79 Å². The number of rotatable bonds is 9. The highest BCUT2D eigenvalue weighted by Gasteiger charge is 2.51. The van der Waals surface area contributed by atoms with Crippen molar-refractivity contribution < 1.29 is 9.90 Å². The van der Waals surface area contributed by atoms with Gasteiger partial charge in [-0.25, -0.2) is 0 Å². The molecule has 0 aliphatic heterocycles. The van der Waals surface area contributed by atoms with Crippen LogP contribution in [0.25, 0.3) is 0 Å². The Morgan fingerprint density at radius 1 is 1.41 bits per heavy atom. The molecule has 0 aromatic carbocycles. The SMILES string of the molecule is CCCN(CC)CC(NCC)(C(=O)O)C1CC1. The van der Waals surface area contributed by atoms with Gasteiger partial charge in [0.05, 0.1) is 0 Å². The highest BCUT2D eigenvalue weighted by molar-refractivity contribution is 5.80. The second kappa shape index (κ2) is 6.36. The maximum absolute atomic E-state index is 11.7. The van der Waals surface area contributed by atoms with Crippen molar-refractivity contribution in [1.82, 2.24) is 10.2 Å². The summed E-state index contributed by atoms with van der Waals surface area (Å²) in [5, 5.41) is 12.8. The molecule has 1 aliphatic rings. The lowest BCUT2D eigenvalue weighted by molar-refractivity contribution is -0.147. The normalized spacial score (nSPS) is 19.3. The molecule has 1 atom stereocenters. The van der Waals surface area contributed by atoms with E-state index in [1.807, 2.05) is 6.92 Å². The lowest BCUT2D eigenvalue weighted by Gasteiger charge is -2.35. The predicted molar refractivity (Wildman–Crippen MR) is 69.2 cm³/mol. The Hall–Kier alpha value is -0.610. The van der Waals surface area contributed by atoms with Crippen LogP contribution in [0.15, 0.2) is 0 Å². The van der Waals surface area contributed by atoms with Crippen molar-refractivity contribution in [1.29, 1.82) is 0 Å². The highest BCUT2D eigenvalue weighted by atomic mass is 16.4. The van der Waals surface area contributed by atoms with E-state index in [9.17, 15) is 9.90 Å². The summed E-state index contributed by atoms with van der Waals surface area (Å²) in [6, 6.07) is 0. The average Bonchev–Trinajstić information content (AvgIpc) is 3.11. The summed E-state index contributed by atoms with van der Waals surface area (Å²) in [4.78, 5) is 13.9. The molecular formula is C13H26N2O2. The quantitative estimate of drug-likeness (QED) is 0.644. The Kier molecular flexibility index (Phi) is 5.40. The number of hydrogen-bond donors (Lipinski definition) is 2. The van der Waals surface area contributed by atoms with E-state index in [0.717, 1.165) is 32.4 Å². The molecule has 2 N–H and O–H groups in total. The third-order valence-electron chi connectivity index (χ3n) is 3.61. The molecule has 1 saturated carbocycles. The van der Waals surface area contributed by atoms with Crippen LogP contribution in [0, 0.1) is 5.92 Å². The first-order valence-corrected chi connectivity index (χ1v) is 6.81. The number of nitrogens with one attached hydrogen (secondary N) is 1. The predicted octanol–water partition coefficient (Wildman–Crippen LogP) is 1.56. The number of carboxylic acid groups (broad SMARTS) is 1. The van der Waals surface area contributed by atoms with E-state index in [1.54, 1.807) is 0 Å². The first kappa shape index (κ1) is 14.5. The van der Waals surface area contributed by atoms with Crippen LogP contribution < -0.4 is 5.32 Å². The molecular weight excluding hydrogens is 216 g/mol. The summed E-state index contributed by atoms with van der Waals surface area (Å²) in [6.45, 7) is 9.45. The van der Waals surface area contributed by atoms with Gasteiger partial charge in [-0.2, -0.15) is 0 Å². The van der Waals surface area contributed by atoms with E-state index in [-0.39, 0.29) is 0 Å². The minimum absolute atomic E-state index is 0.311.